The Hall–Kier alpha value is -1.26. The number of likely N-dealkylation sites (tertiary alicyclic amines) is 1. The molecule has 2 rings (SSSR count). The number of benzene rings is 1. The Morgan fingerprint density at radius 1 is 1.15 bits per heavy atom. The van der Waals surface area contributed by atoms with Gasteiger partial charge in [0, 0.05) is 31.7 Å². The Bertz CT molecular complexity index is 426. The number of nitrogens with zero attached hydrogens (tertiary/aromatic N) is 1. The van der Waals surface area contributed by atoms with Crippen LogP contribution in [-0.4, -0.2) is 38.3 Å². The molecule has 0 bridgehead atoms. The summed E-state index contributed by atoms with van der Waals surface area (Å²) < 4.78 is 10.6. The van der Waals surface area contributed by atoms with E-state index in [9.17, 15) is 0 Å². The molecule has 0 radical (unpaired) electrons. The molecule has 0 unspecified atom stereocenters. The zero-order valence-electron chi connectivity index (χ0n) is 12.9. The highest BCUT2D eigenvalue weighted by Crippen LogP contribution is 2.27. The Kier molecular flexibility index (Phi) is 4.89. The molecule has 20 heavy (non-hydrogen) atoms. The van der Waals surface area contributed by atoms with Gasteiger partial charge < -0.3 is 15.2 Å². The second-order valence-corrected chi connectivity index (χ2v) is 5.99. The van der Waals surface area contributed by atoms with Crippen LogP contribution in [0.2, 0.25) is 0 Å². The molecule has 1 heterocycles. The van der Waals surface area contributed by atoms with Gasteiger partial charge in [-0.15, -0.1) is 0 Å². The van der Waals surface area contributed by atoms with Crippen LogP contribution in [0.1, 0.15) is 19.4 Å². The number of methoxy groups -OCH3 is 2. The predicted octanol–water partition coefficient (Wildman–Crippen LogP) is 2.12. The topological polar surface area (TPSA) is 47.7 Å². The summed E-state index contributed by atoms with van der Waals surface area (Å²) in [6.45, 7) is 7.43. The van der Waals surface area contributed by atoms with Crippen LogP contribution in [0.15, 0.2) is 18.2 Å². The van der Waals surface area contributed by atoms with Crippen molar-refractivity contribution in [3.8, 4) is 11.5 Å². The highest BCUT2D eigenvalue weighted by molar-refractivity contribution is 5.38. The number of hydrogen-bond donors (Lipinski definition) is 1. The fourth-order valence-corrected chi connectivity index (χ4v) is 2.99. The molecule has 0 aliphatic carbocycles. The van der Waals surface area contributed by atoms with Crippen LogP contribution in [-0.2, 0) is 6.54 Å². The van der Waals surface area contributed by atoms with Crippen molar-refractivity contribution >= 4 is 0 Å². The maximum Gasteiger partial charge on any atom is 0.122 e. The SMILES string of the molecule is COc1cc(CN2C[C@H](C(C)C)[C@@H](N)C2)cc(OC)c1. The summed E-state index contributed by atoms with van der Waals surface area (Å²) in [7, 11) is 3.36. The zero-order chi connectivity index (χ0) is 14.7. The maximum atomic E-state index is 6.25. The molecule has 1 aromatic rings. The lowest BCUT2D eigenvalue weighted by atomic mass is 9.92. The Balaban J connectivity index is 2.07. The summed E-state index contributed by atoms with van der Waals surface area (Å²) in [5, 5.41) is 0. The molecule has 1 aromatic carbocycles. The minimum Gasteiger partial charge on any atom is -0.497 e. The third-order valence-corrected chi connectivity index (χ3v) is 4.16. The summed E-state index contributed by atoms with van der Waals surface area (Å²) in [5.41, 5.74) is 7.45. The quantitative estimate of drug-likeness (QED) is 0.896. The third kappa shape index (κ3) is 3.44. The smallest absolute Gasteiger partial charge is 0.122 e. The van der Waals surface area contributed by atoms with Gasteiger partial charge in [0.25, 0.3) is 0 Å². The van der Waals surface area contributed by atoms with Crippen LogP contribution in [0, 0.1) is 11.8 Å². The van der Waals surface area contributed by atoms with E-state index >= 15 is 0 Å². The predicted molar refractivity (Wildman–Crippen MR) is 81.1 cm³/mol. The second kappa shape index (κ2) is 6.46. The monoisotopic (exact) mass is 278 g/mol. The van der Waals surface area contributed by atoms with Crippen molar-refractivity contribution < 1.29 is 9.47 Å². The van der Waals surface area contributed by atoms with E-state index in [1.54, 1.807) is 14.2 Å². The highest BCUT2D eigenvalue weighted by Gasteiger charge is 2.31. The molecular weight excluding hydrogens is 252 g/mol. The fourth-order valence-electron chi connectivity index (χ4n) is 2.99. The van der Waals surface area contributed by atoms with Gasteiger partial charge in [0.15, 0.2) is 0 Å². The molecule has 1 fully saturated rings. The van der Waals surface area contributed by atoms with Gasteiger partial charge >= 0.3 is 0 Å². The normalized spacial score (nSPS) is 23.3. The van der Waals surface area contributed by atoms with Gasteiger partial charge in [-0.25, -0.2) is 0 Å². The molecule has 0 saturated carbocycles. The first-order valence-electron chi connectivity index (χ1n) is 7.23. The summed E-state index contributed by atoms with van der Waals surface area (Å²) in [6.07, 6.45) is 0. The van der Waals surface area contributed by atoms with Crippen molar-refractivity contribution in [2.45, 2.75) is 26.4 Å². The van der Waals surface area contributed by atoms with Crippen LogP contribution in [0.25, 0.3) is 0 Å². The van der Waals surface area contributed by atoms with Gasteiger partial charge in [-0.3, -0.25) is 4.90 Å². The molecule has 112 valence electrons. The first-order chi connectivity index (χ1) is 9.53. The molecule has 0 spiro atoms. The molecule has 0 amide bonds. The summed E-state index contributed by atoms with van der Waals surface area (Å²) in [6, 6.07) is 6.31. The van der Waals surface area contributed by atoms with E-state index in [2.05, 4.69) is 30.9 Å². The average molecular weight is 278 g/mol. The van der Waals surface area contributed by atoms with Gasteiger partial charge in [-0.05, 0) is 29.5 Å². The zero-order valence-corrected chi connectivity index (χ0v) is 12.9. The standard InChI is InChI=1S/C16H26N2O2/c1-11(2)15-9-18(10-16(15)17)8-12-5-13(19-3)7-14(6-12)20-4/h5-7,11,15-16H,8-10,17H2,1-4H3/t15-,16+/m1/s1. The Morgan fingerprint density at radius 3 is 2.20 bits per heavy atom. The first kappa shape index (κ1) is 15.1. The van der Waals surface area contributed by atoms with Gasteiger partial charge in [-0.1, -0.05) is 13.8 Å². The van der Waals surface area contributed by atoms with Crippen molar-refractivity contribution in [1.82, 2.24) is 4.90 Å². The lowest BCUT2D eigenvalue weighted by molar-refractivity contribution is 0.295. The van der Waals surface area contributed by atoms with Crippen LogP contribution in [0.4, 0.5) is 0 Å². The lowest BCUT2D eigenvalue weighted by Gasteiger charge is -2.19. The average Bonchev–Trinajstić information content (AvgIpc) is 2.79. The van der Waals surface area contributed by atoms with Crippen molar-refractivity contribution in [3.63, 3.8) is 0 Å². The minimum atomic E-state index is 0.280. The number of ether oxygens (including phenoxy) is 2. The van der Waals surface area contributed by atoms with E-state index in [1.165, 1.54) is 5.56 Å². The molecule has 2 atom stereocenters. The van der Waals surface area contributed by atoms with Gasteiger partial charge in [0.1, 0.15) is 11.5 Å². The summed E-state index contributed by atoms with van der Waals surface area (Å²) in [5.74, 6) is 2.89. The number of hydrogen-bond acceptors (Lipinski definition) is 4. The van der Waals surface area contributed by atoms with E-state index in [4.69, 9.17) is 15.2 Å². The van der Waals surface area contributed by atoms with Crippen LogP contribution in [0.5, 0.6) is 11.5 Å². The van der Waals surface area contributed by atoms with E-state index in [1.807, 2.05) is 6.07 Å². The molecule has 0 aromatic heterocycles. The van der Waals surface area contributed by atoms with Crippen molar-refractivity contribution in [2.75, 3.05) is 27.3 Å². The minimum absolute atomic E-state index is 0.280. The fraction of sp³-hybridized carbons (Fsp3) is 0.625. The molecule has 1 saturated heterocycles. The van der Waals surface area contributed by atoms with Crippen LogP contribution >= 0.6 is 0 Å². The van der Waals surface area contributed by atoms with Crippen molar-refractivity contribution in [3.05, 3.63) is 23.8 Å². The Labute approximate surface area is 121 Å². The molecule has 4 heteroatoms. The third-order valence-electron chi connectivity index (χ3n) is 4.16. The van der Waals surface area contributed by atoms with Gasteiger partial charge in [0.05, 0.1) is 14.2 Å². The highest BCUT2D eigenvalue weighted by atomic mass is 16.5. The largest absolute Gasteiger partial charge is 0.497 e. The van der Waals surface area contributed by atoms with E-state index in [0.29, 0.717) is 11.8 Å². The van der Waals surface area contributed by atoms with E-state index < -0.39 is 0 Å². The van der Waals surface area contributed by atoms with Crippen molar-refractivity contribution in [1.29, 1.82) is 0 Å². The molecule has 1 aliphatic heterocycles. The van der Waals surface area contributed by atoms with Crippen molar-refractivity contribution in [2.24, 2.45) is 17.6 Å². The molecule has 2 N–H and O–H groups in total. The van der Waals surface area contributed by atoms with E-state index in [0.717, 1.165) is 31.1 Å². The van der Waals surface area contributed by atoms with Gasteiger partial charge in [-0.2, -0.15) is 0 Å². The molecule has 1 aliphatic rings. The molecule has 4 nitrogen and oxygen atoms in total. The van der Waals surface area contributed by atoms with Crippen LogP contribution < -0.4 is 15.2 Å². The Morgan fingerprint density at radius 2 is 1.75 bits per heavy atom. The molecular formula is C16H26N2O2. The maximum absolute atomic E-state index is 6.25. The number of nitrogens with two attached hydrogens (primary N) is 1. The van der Waals surface area contributed by atoms with Crippen LogP contribution in [0.3, 0.4) is 0 Å². The second-order valence-electron chi connectivity index (χ2n) is 5.99. The van der Waals surface area contributed by atoms with Gasteiger partial charge in [0.2, 0.25) is 0 Å². The summed E-state index contributed by atoms with van der Waals surface area (Å²) >= 11 is 0. The summed E-state index contributed by atoms with van der Waals surface area (Å²) in [4.78, 5) is 2.42. The first-order valence-corrected chi connectivity index (χ1v) is 7.23. The number of rotatable bonds is 5. The van der Waals surface area contributed by atoms with E-state index in [-0.39, 0.29) is 6.04 Å². The lowest BCUT2D eigenvalue weighted by Crippen LogP contribution is -2.32.